The number of esters is 1. The molecule has 0 spiro atoms. The van der Waals surface area contributed by atoms with Gasteiger partial charge in [0, 0.05) is 12.3 Å². The first-order chi connectivity index (χ1) is 9.41. The topological polar surface area (TPSA) is 43.4 Å². The van der Waals surface area contributed by atoms with Gasteiger partial charge in [0.1, 0.15) is 5.78 Å². The lowest BCUT2D eigenvalue weighted by Crippen LogP contribution is -2.33. The van der Waals surface area contributed by atoms with Gasteiger partial charge in [-0.15, -0.1) is 0 Å². The number of hydrogen-bond acceptors (Lipinski definition) is 3. The van der Waals surface area contributed by atoms with Crippen molar-refractivity contribution in [3.63, 3.8) is 0 Å². The molecule has 0 N–H and O–H groups in total. The van der Waals surface area contributed by atoms with Gasteiger partial charge < -0.3 is 4.74 Å². The lowest BCUT2D eigenvalue weighted by atomic mass is 9.78. The van der Waals surface area contributed by atoms with Crippen molar-refractivity contribution in [2.24, 2.45) is 23.7 Å². The highest BCUT2D eigenvalue weighted by atomic mass is 16.5. The van der Waals surface area contributed by atoms with Crippen molar-refractivity contribution in [2.75, 3.05) is 6.61 Å². The molecule has 0 bridgehead atoms. The second-order valence-corrected chi connectivity index (χ2v) is 6.58. The van der Waals surface area contributed by atoms with Crippen molar-refractivity contribution in [3.8, 4) is 0 Å². The van der Waals surface area contributed by atoms with Crippen LogP contribution < -0.4 is 0 Å². The van der Waals surface area contributed by atoms with Crippen LogP contribution >= 0.6 is 0 Å². The second kappa shape index (κ2) is 8.23. The molecule has 0 heterocycles. The van der Waals surface area contributed by atoms with E-state index in [1.165, 1.54) is 0 Å². The van der Waals surface area contributed by atoms with E-state index in [1.807, 2.05) is 26.0 Å². The van der Waals surface area contributed by atoms with E-state index < -0.39 is 0 Å². The molecule has 2 unspecified atom stereocenters. The average Bonchev–Trinajstić information content (AvgIpc) is 2.42. The fourth-order valence-electron chi connectivity index (χ4n) is 2.40. The summed E-state index contributed by atoms with van der Waals surface area (Å²) >= 11 is 0. The molecule has 0 aromatic rings. The van der Waals surface area contributed by atoms with Crippen LogP contribution in [-0.4, -0.2) is 18.4 Å². The highest BCUT2D eigenvalue weighted by molar-refractivity contribution is 5.87. The maximum atomic E-state index is 12.3. The van der Waals surface area contributed by atoms with Gasteiger partial charge in [-0.1, -0.05) is 39.8 Å². The molecule has 1 aliphatic carbocycles. The molecule has 20 heavy (non-hydrogen) atoms. The van der Waals surface area contributed by atoms with Crippen LogP contribution in [0.15, 0.2) is 12.2 Å². The molecule has 0 saturated heterocycles. The van der Waals surface area contributed by atoms with E-state index in [1.54, 1.807) is 0 Å². The van der Waals surface area contributed by atoms with Crippen molar-refractivity contribution in [3.05, 3.63) is 12.2 Å². The number of Topliss-reactive ketones (excluding diaryl/α,β-unsaturated/α-hetero) is 1. The van der Waals surface area contributed by atoms with E-state index in [4.69, 9.17) is 4.74 Å². The Labute approximate surface area is 122 Å². The maximum absolute atomic E-state index is 12.3. The zero-order valence-electron chi connectivity index (χ0n) is 13.2. The first-order valence-corrected chi connectivity index (χ1v) is 7.76. The Morgan fingerprint density at radius 2 is 1.65 bits per heavy atom. The molecule has 0 amide bonds. The predicted octanol–water partition coefficient (Wildman–Crippen LogP) is 3.77. The zero-order valence-corrected chi connectivity index (χ0v) is 13.2. The van der Waals surface area contributed by atoms with Crippen LogP contribution in [0, 0.1) is 23.7 Å². The number of carbonyl (C=O) groups excluding carboxylic acids is 2. The Balaban J connectivity index is 2.60. The minimum atomic E-state index is -0.279. The summed E-state index contributed by atoms with van der Waals surface area (Å²) in [4.78, 5) is 24.5. The van der Waals surface area contributed by atoms with Gasteiger partial charge in [0.15, 0.2) is 0 Å². The molecule has 3 nitrogen and oxygen atoms in total. The van der Waals surface area contributed by atoms with Gasteiger partial charge in [0.05, 0.1) is 12.5 Å². The smallest absolute Gasteiger partial charge is 0.310 e. The van der Waals surface area contributed by atoms with E-state index in [-0.39, 0.29) is 23.6 Å². The standard InChI is InChI=1S/C17H28O3/c1-12(2)9-10-16(18)14-7-5-6-8-15(14)17(19)20-11-13(3)4/h5-6,12-15H,7-11H2,1-4H3. The first-order valence-electron chi connectivity index (χ1n) is 7.76. The number of carbonyl (C=O) groups is 2. The Morgan fingerprint density at radius 1 is 1.05 bits per heavy atom. The molecular weight excluding hydrogens is 252 g/mol. The Bertz CT molecular complexity index is 321. The third-order valence-corrected chi connectivity index (χ3v) is 3.68. The fourth-order valence-corrected chi connectivity index (χ4v) is 2.40. The molecule has 0 aromatic carbocycles. The van der Waals surface area contributed by atoms with Crippen molar-refractivity contribution in [2.45, 2.75) is 53.4 Å². The van der Waals surface area contributed by atoms with Crippen molar-refractivity contribution in [1.82, 2.24) is 0 Å². The molecule has 0 aliphatic heterocycles. The van der Waals surface area contributed by atoms with Crippen molar-refractivity contribution < 1.29 is 14.3 Å². The van der Waals surface area contributed by atoms with E-state index in [2.05, 4.69) is 13.8 Å². The Morgan fingerprint density at radius 3 is 2.20 bits per heavy atom. The number of ketones is 1. The highest BCUT2D eigenvalue weighted by Gasteiger charge is 2.34. The summed E-state index contributed by atoms with van der Waals surface area (Å²) in [5, 5.41) is 0. The molecule has 2 atom stereocenters. The summed E-state index contributed by atoms with van der Waals surface area (Å²) in [7, 11) is 0. The molecule has 0 fully saturated rings. The Hall–Kier alpha value is -1.12. The lowest BCUT2D eigenvalue weighted by molar-refractivity contribution is -0.154. The zero-order chi connectivity index (χ0) is 15.1. The number of allylic oxidation sites excluding steroid dienone is 2. The minimum absolute atomic E-state index is 0.182. The highest BCUT2D eigenvalue weighted by Crippen LogP contribution is 2.29. The van der Waals surface area contributed by atoms with E-state index >= 15 is 0 Å². The molecule has 0 saturated carbocycles. The van der Waals surface area contributed by atoms with Crippen LogP contribution in [0.4, 0.5) is 0 Å². The number of ether oxygens (including phenoxy) is 1. The molecular formula is C17H28O3. The predicted molar refractivity (Wildman–Crippen MR) is 80.2 cm³/mol. The second-order valence-electron chi connectivity index (χ2n) is 6.58. The fraction of sp³-hybridized carbons (Fsp3) is 0.765. The third kappa shape index (κ3) is 5.48. The summed E-state index contributed by atoms with van der Waals surface area (Å²) in [5.41, 5.74) is 0. The van der Waals surface area contributed by atoms with Gasteiger partial charge in [-0.25, -0.2) is 0 Å². The minimum Gasteiger partial charge on any atom is -0.465 e. The SMILES string of the molecule is CC(C)CCC(=O)C1CC=CCC1C(=O)OCC(C)C. The summed E-state index contributed by atoms with van der Waals surface area (Å²) in [6.45, 7) is 8.69. The molecule has 3 heteroatoms. The molecule has 0 radical (unpaired) electrons. The molecule has 1 rings (SSSR count). The summed E-state index contributed by atoms with van der Waals surface area (Å²) < 4.78 is 5.32. The van der Waals surface area contributed by atoms with Gasteiger partial charge in [0.2, 0.25) is 0 Å². The van der Waals surface area contributed by atoms with Crippen LogP contribution in [0.5, 0.6) is 0 Å². The van der Waals surface area contributed by atoms with Gasteiger partial charge in [-0.05, 0) is 31.1 Å². The van der Waals surface area contributed by atoms with E-state index in [9.17, 15) is 9.59 Å². The van der Waals surface area contributed by atoms with E-state index in [0.717, 1.165) is 6.42 Å². The monoisotopic (exact) mass is 280 g/mol. The van der Waals surface area contributed by atoms with Crippen molar-refractivity contribution in [1.29, 1.82) is 0 Å². The van der Waals surface area contributed by atoms with Crippen LogP contribution in [-0.2, 0) is 14.3 Å². The quantitative estimate of drug-likeness (QED) is 0.526. The van der Waals surface area contributed by atoms with E-state index in [0.29, 0.717) is 37.7 Å². The summed E-state index contributed by atoms with van der Waals surface area (Å²) in [6.07, 6.45) is 6.79. The first kappa shape index (κ1) is 16.9. The van der Waals surface area contributed by atoms with Gasteiger partial charge in [-0.2, -0.15) is 0 Å². The average molecular weight is 280 g/mol. The number of hydrogen-bond donors (Lipinski definition) is 0. The number of rotatable bonds is 7. The van der Waals surface area contributed by atoms with Gasteiger partial charge >= 0.3 is 5.97 Å². The van der Waals surface area contributed by atoms with Crippen LogP contribution in [0.1, 0.15) is 53.4 Å². The largest absolute Gasteiger partial charge is 0.465 e. The summed E-state index contributed by atoms with van der Waals surface area (Å²) in [5.74, 6) is 0.398. The van der Waals surface area contributed by atoms with Gasteiger partial charge in [0.25, 0.3) is 0 Å². The molecule has 1 aliphatic rings. The lowest BCUT2D eigenvalue weighted by Gasteiger charge is -2.26. The summed E-state index contributed by atoms with van der Waals surface area (Å²) in [6, 6.07) is 0. The normalized spacial score (nSPS) is 22.3. The van der Waals surface area contributed by atoms with Crippen LogP contribution in [0.3, 0.4) is 0 Å². The Kier molecular flexibility index (Phi) is 6.97. The third-order valence-electron chi connectivity index (χ3n) is 3.68. The maximum Gasteiger partial charge on any atom is 0.310 e. The van der Waals surface area contributed by atoms with Gasteiger partial charge in [-0.3, -0.25) is 9.59 Å². The van der Waals surface area contributed by atoms with Crippen LogP contribution in [0.2, 0.25) is 0 Å². The van der Waals surface area contributed by atoms with Crippen molar-refractivity contribution >= 4 is 11.8 Å². The molecule has 114 valence electrons. The van der Waals surface area contributed by atoms with Crippen LogP contribution in [0.25, 0.3) is 0 Å². The molecule has 0 aromatic heterocycles.